The van der Waals surface area contributed by atoms with Gasteiger partial charge in [-0.05, 0) is 71.4 Å². The van der Waals surface area contributed by atoms with Gasteiger partial charge in [-0.25, -0.2) is 19.9 Å². The summed E-state index contributed by atoms with van der Waals surface area (Å²) in [6, 6.07) is 112. The largest absolute Gasteiger partial charge is 0.654 e. The zero-order valence-corrected chi connectivity index (χ0v) is 70.6. The van der Waals surface area contributed by atoms with Crippen molar-refractivity contribution in [2.75, 3.05) is 0 Å². The summed E-state index contributed by atoms with van der Waals surface area (Å²) in [5, 5.41) is 7.32. The minimum atomic E-state index is -2.74. The molecule has 0 atom stereocenters. The summed E-state index contributed by atoms with van der Waals surface area (Å²) in [7, 11) is -2.74. The second-order valence-electron chi connectivity index (χ2n) is 25.8. The molecule has 0 aliphatic heterocycles. The summed E-state index contributed by atoms with van der Waals surface area (Å²) in [5.74, 6) is 3.55. The Morgan fingerprint density at radius 2 is 0.789 bits per heavy atom. The maximum absolute atomic E-state index is 7.32. The van der Waals surface area contributed by atoms with Gasteiger partial charge < -0.3 is 8.53 Å². The Bertz CT molecular complexity index is 6190. The number of nitrogens with zero attached hydrogens (tertiary/aromatic N) is 15. The fourth-order valence-corrected chi connectivity index (χ4v) is 24.8. The van der Waals surface area contributed by atoms with Crippen molar-refractivity contribution in [3.05, 3.63) is 364 Å². The molecule has 11 heterocycles. The van der Waals surface area contributed by atoms with Gasteiger partial charge in [0.2, 0.25) is 0 Å². The van der Waals surface area contributed by atoms with Crippen molar-refractivity contribution in [1.29, 1.82) is 0 Å². The maximum atomic E-state index is 7.32. The van der Waals surface area contributed by atoms with Gasteiger partial charge in [0, 0.05) is 48.8 Å². The molecule has 9 aromatic carbocycles. The summed E-state index contributed by atoms with van der Waals surface area (Å²) in [6.45, 7) is 4.19. The number of hydrogen-bond acceptors (Lipinski definition) is 9. The molecule has 21 heteroatoms. The van der Waals surface area contributed by atoms with Crippen molar-refractivity contribution in [2.24, 2.45) is 0 Å². The summed E-state index contributed by atoms with van der Waals surface area (Å²) < 4.78 is 20.5. The van der Waals surface area contributed by atoms with Crippen molar-refractivity contribution in [3.8, 4) is 63.1 Å². The Morgan fingerprint density at radius 1 is 0.385 bits per heavy atom. The van der Waals surface area contributed by atoms with Crippen LogP contribution in [0.5, 0.6) is 0 Å². The van der Waals surface area contributed by atoms with E-state index >= 15 is 0 Å². The molecule has 0 aliphatic carbocycles. The number of fused-ring (bicyclic) bond motifs is 6. The SMILES string of the molecule is Cc1nc(-c2ccccn2)[n]([Ga][O][Si](c2ccccc2)(c2ccccc2)c2ccccc2)c1C.[AlH][n]1c(-c2nc3cccnc3n2-c2ccccc2)cc2ccccc21.[GaH][n]1c(-c2nc3cccnc3n2-c2ccccc2)cc2ccccc21.[Zn].c1ccc(-n2c(-c3cc4ccccc4[n-]3)nc3cccnc32)cc1. The van der Waals surface area contributed by atoms with E-state index < -0.39 is 26.3 Å². The van der Waals surface area contributed by atoms with Crippen LogP contribution in [0, 0.1) is 13.8 Å². The quantitative estimate of drug-likeness (QED) is 0.0804. The van der Waals surface area contributed by atoms with Crippen molar-refractivity contribution in [1.82, 2.24) is 68.7 Å². The molecular weight excluding hydrogens is 1540 g/mol. The summed E-state index contributed by atoms with van der Waals surface area (Å²) >= 11 is 1.40. The molecule has 109 heavy (non-hydrogen) atoms. The van der Waals surface area contributed by atoms with Crippen LogP contribution < -0.4 is 20.5 Å². The maximum Gasteiger partial charge on any atom is 0.164 e. The number of aromatic nitrogens is 15. The molecule has 0 saturated heterocycles. The van der Waals surface area contributed by atoms with E-state index in [4.69, 9.17) is 28.1 Å². The third kappa shape index (κ3) is 14.2. The molecule has 0 N–H and O–H groups in total. The number of aryl methyl sites for hydroxylation is 1. The van der Waals surface area contributed by atoms with Crippen molar-refractivity contribution < 1.29 is 22.7 Å². The Morgan fingerprint density at radius 3 is 1.27 bits per heavy atom. The Balaban J connectivity index is 0.000000111. The normalized spacial score (nSPS) is 11.2. The first kappa shape index (κ1) is 71.7. The second kappa shape index (κ2) is 32.1. The van der Waals surface area contributed by atoms with Crippen LogP contribution in [-0.2, 0) is 22.7 Å². The van der Waals surface area contributed by atoms with Crippen LogP contribution in [0.25, 0.3) is 129 Å². The first-order chi connectivity index (χ1) is 53.3. The topological polar surface area (TPSA) is 156 Å². The van der Waals surface area contributed by atoms with E-state index in [2.05, 4.69) is 258 Å². The first-order valence-corrected chi connectivity index (χ1v) is 41.4. The van der Waals surface area contributed by atoms with Crippen LogP contribution in [0.3, 0.4) is 0 Å². The molecule has 0 amide bonds. The van der Waals surface area contributed by atoms with Gasteiger partial charge in [-0.15, -0.1) is 5.52 Å². The van der Waals surface area contributed by atoms with E-state index in [0.29, 0.717) is 0 Å². The Hall–Kier alpha value is -11.6. The zero-order chi connectivity index (χ0) is 72.9. The molecule has 20 aromatic rings. The van der Waals surface area contributed by atoms with Gasteiger partial charge in [0.05, 0.1) is 5.69 Å². The molecule has 0 spiro atoms. The van der Waals surface area contributed by atoms with E-state index in [-0.39, 0.29) is 19.5 Å². The van der Waals surface area contributed by atoms with Gasteiger partial charge in [-0.1, -0.05) is 90.6 Å². The fraction of sp³-hybridized carbons (Fsp3) is 0.0227. The van der Waals surface area contributed by atoms with Crippen LogP contribution in [0.4, 0.5) is 0 Å². The van der Waals surface area contributed by atoms with Gasteiger partial charge in [-0.2, -0.15) is 0 Å². The van der Waals surface area contributed by atoms with Gasteiger partial charge in [0.25, 0.3) is 0 Å². The number of hydrogen-bond donors (Lipinski definition) is 0. The van der Waals surface area contributed by atoms with Gasteiger partial charge in [0.1, 0.15) is 16.9 Å². The van der Waals surface area contributed by atoms with Gasteiger partial charge in [-0.3, -0.25) is 9.13 Å². The van der Waals surface area contributed by atoms with Crippen LogP contribution in [0.15, 0.2) is 352 Å². The molecule has 11 aromatic heterocycles. The van der Waals surface area contributed by atoms with Crippen molar-refractivity contribution in [3.63, 3.8) is 0 Å². The minimum Gasteiger partial charge on any atom is -0.654 e. The predicted octanol–water partition coefficient (Wildman–Crippen LogP) is 15.2. The van der Waals surface area contributed by atoms with Crippen molar-refractivity contribution >= 4 is 143 Å². The molecule has 3 radical (unpaired) electrons. The van der Waals surface area contributed by atoms with E-state index in [0.717, 1.165) is 138 Å². The molecular formula is C88H66AlGa2N15OSiZn-. The molecule has 20 rings (SSSR count). The molecule has 0 unspecified atom stereocenters. The van der Waals surface area contributed by atoms with E-state index in [1.807, 2.05) is 162 Å². The molecule has 16 nitrogen and oxygen atoms in total. The van der Waals surface area contributed by atoms with Crippen LogP contribution in [0.1, 0.15) is 11.4 Å². The van der Waals surface area contributed by atoms with Gasteiger partial charge in [0.15, 0.2) is 17.1 Å². The molecule has 0 bridgehead atoms. The minimum absolute atomic E-state index is 0. The molecule has 0 saturated carbocycles. The fourth-order valence-electron chi connectivity index (χ4n) is 13.9. The summed E-state index contributed by atoms with van der Waals surface area (Å²) in [6.07, 6.45) is 7.25. The summed E-state index contributed by atoms with van der Waals surface area (Å²) in [4.78, 5) is 42.5. The predicted molar refractivity (Wildman–Crippen MR) is 441 cm³/mol. The smallest absolute Gasteiger partial charge is 0.164 e. The van der Waals surface area contributed by atoms with Crippen molar-refractivity contribution in [2.45, 2.75) is 13.8 Å². The number of rotatable bonds is 13. The molecule has 515 valence electrons. The number of benzene rings is 9. The van der Waals surface area contributed by atoms with E-state index in [9.17, 15) is 0 Å². The third-order valence-electron chi connectivity index (χ3n) is 19.2. The van der Waals surface area contributed by atoms with E-state index in [1.54, 1.807) is 6.20 Å². The number of para-hydroxylation sites is 6. The monoisotopic (exact) mass is 1610 g/mol. The van der Waals surface area contributed by atoms with Gasteiger partial charge >= 0.3 is 382 Å². The average Bonchev–Trinajstić information content (AvgIpc) is 1.68. The van der Waals surface area contributed by atoms with E-state index in [1.165, 1.54) is 37.4 Å². The summed E-state index contributed by atoms with van der Waals surface area (Å²) in [5.41, 5.74) is 18.0. The third-order valence-corrected chi connectivity index (χ3v) is 29.9. The second-order valence-corrected chi connectivity index (χ2v) is 34.1. The number of pyridine rings is 4. The first-order valence-electron chi connectivity index (χ1n) is 35.4. The van der Waals surface area contributed by atoms with Crippen LogP contribution >= 0.6 is 0 Å². The Kier molecular flexibility index (Phi) is 21.1. The van der Waals surface area contributed by atoms with Crippen LogP contribution in [-0.4, -0.2) is 125 Å². The molecule has 0 aliphatic rings. The van der Waals surface area contributed by atoms with Crippen LogP contribution in [0.2, 0.25) is 0 Å². The molecule has 0 fully saturated rings. The zero-order valence-electron chi connectivity index (χ0n) is 59.8. The number of imidazole rings is 4. The Labute approximate surface area is 669 Å². The standard InChI is InChI=1S/3C20H13N4.C18H15OSi.C10H10N3.Al.2Ga.Zn.2H/c3*1-2-8-15(9-3-1)24-19-17(11-6-12-21-19)23-20(24)18-13-14-7-4-5-10-16(14)22-18;19-20(16-10-4-1-5-11-16,17-12-6-2-7-13-17)18-14-8-3-9-15-18;1-7-8(2)13-10(12-7)9-5-3-4-6-11-9;;;;;;/h3*1-13H;1-15H;3-6H,1-2H3;;;;;;/q5*-1;2*+1;+2;;;. The average molecular weight is 1610 g/mol.